The van der Waals surface area contributed by atoms with Crippen LogP contribution < -0.4 is 16.0 Å². The monoisotopic (exact) mass is 595 g/mol. The minimum atomic E-state index is -0.957. The molecule has 1 aliphatic heterocycles. The number of ether oxygens (including phenoxy) is 1. The van der Waals surface area contributed by atoms with Crippen LogP contribution in [0.15, 0.2) is 54.6 Å². The second-order valence-electron chi connectivity index (χ2n) is 11.8. The van der Waals surface area contributed by atoms with E-state index in [-0.39, 0.29) is 36.2 Å². The molecule has 4 rings (SSSR count). The third-order valence-electron chi connectivity index (χ3n) is 7.91. The quantitative estimate of drug-likeness (QED) is 0.245. The van der Waals surface area contributed by atoms with Gasteiger partial charge >= 0.3 is 6.09 Å². The van der Waals surface area contributed by atoms with Gasteiger partial charge in [0.25, 0.3) is 5.91 Å². The number of hydrogen-bond acceptors (Lipinski definition) is 5. The van der Waals surface area contributed by atoms with Crippen molar-refractivity contribution >= 4 is 35.5 Å². The molecule has 226 valence electrons. The second kappa shape index (κ2) is 14.1. The summed E-state index contributed by atoms with van der Waals surface area (Å²) in [6.45, 7) is 4.53. The Balaban J connectivity index is 1.42. The van der Waals surface area contributed by atoms with Gasteiger partial charge < -0.3 is 20.7 Å². The molecule has 2 aliphatic rings. The first-order chi connectivity index (χ1) is 20.1. The van der Waals surface area contributed by atoms with Gasteiger partial charge in [0.05, 0.1) is 7.11 Å². The maximum absolute atomic E-state index is 13.8. The summed E-state index contributed by atoms with van der Waals surface area (Å²) in [5.74, 6) is 0.499. The SMILES string of the molecule is COC(=O)N[C@@H](Cc1cccc(Cl)c1)C(=O)NC(CCCN1C(=N)NC(CC(C)C)(c2ccccc2)C1=O)CC1CC1. The highest BCUT2D eigenvalue weighted by atomic mass is 35.5. The van der Waals surface area contributed by atoms with Crippen molar-refractivity contribution in [3.8, 4) is 0 Å². The van der Waals surface area contributed by atoms with Crippen LogP contribution in [0.4, 0.5) is 4.79 Å². The molecule has 2 aromatic carbocycles. The molecule has 2 unspecified atom stereocenters. The summed E-state index contributed by atoms with van der Waals surface area (Å²) in [6.07, 6.45) is 4.51. The standard InChI is InChI=1S/C32H42ClN5O4/c1-21(2)20-32(24-10-5-4-6-11-24)29(40)38(30(34)37-32)16-8-13-26(18-22-14-15-22)35-28(39)27(36-31(41)42-3)19-23-9-7-12-25(33)17-23/h4-7,9-12,17,21-22,26-27H,8,13-16,18-20H2,1-3H3,(H2,34,37)(H,35,39)(H,36,41)/t26?,27-,32?/m0/s1. The molecule has 1 saturated heterocycles. The minimum Gasteiger partial charge on any atom is -0.453 e. The van der Waals surface area contributed by atoms with Gasteiger partial charge in [0, 0.05) is 24.0 Å². The predicted molar refractivity (Wildman–Crippen MR) is 163 cm³/mol. The molecule has 10 heteroatoms. The van der Waals surface area contributed by atoms with Gasteiger partial charge in [0.15, 0.2) is 5.96 Å². The van der Waals surface area contributed by atoms with E-state index in [1.54, 1.807) is 18.2 Å². The molecule has 0 radical (unpaired) electrons. The fraction of sp³-hybridized carbons (Fsp3) is 0.500. The van der Waals surface area contributed by atoms with Crippen molar-refractivity contribution in [1.82, 2.24) is 20.9 Å². The van der Waals surface area contributed by atoms with Crippen molar-refractivity contribution in [2.75, 3.05) is 13.7 Å². The molecule has 0 aromatic heterocycles. The van der Waals surface area contributed by atoms with Crippen molar-refractivity contribution < 1.29 is 19.1 Å². The van der Waals surface area contributed by atoms with E-state index in [2.05, 4.69) is 29.8 Å². The Labute approximate surface area is 253 Å². The third-order valence-corrected chi connectivity index (χ3v) is 8.15. The minimum absolute atomic E-state index is 0.108. The van der Waals surface area contributed by atoms with Crippen molar-refractivity contribution in [2.45, 2.75) is 76.4 Å². The Bertz CT molecular complexity index is 1270. The number of nitrogens with one attached hydrogen (secondary N) is 4. The first-order valence-electron chi connectivity index (χ1n) is 14.7. The van der Waals surface area contributed by atoms with Gasteiger partial charge in [-0.3, -0.25) is 19.9 Å². The summed E-state index contributed by atoms with van der Waals surface area (Å²) in [6, 6.07) is 15.9. The van der Waals surface area contributed by atoms with E-state index in [4.69, 9.17) is 21.7 Å². The van der Waals surface area contributed by atoms with E-state index < -0.39 is 17.7 Å². The number of halogens is 1. The Morgan fingerprint density at radius 2 is 1.88 bits per heavy atom. The zero-order chi connectivity index (χ0) is 30.3. The van der Waals surface area contributed by atoms with Crippen molar-refractivity contribution in [3.05, 3.63) is 70.7 Å². The Hall–Kier alpha value is -3.59. The number of hydrogen-bond donors (Lipinski definition) is 4. The topological polar surface area (TPSA) is 124 Å². The van der Waals surface area contributed by atoms with E-state index in [0.29, 0.717) is 36.7 Å². The summed E-state index contributed by atoms with van der Waals surface area (Å²) >= 11 is 6.14. The average molecular weight is 596 g/mol. The van der Waals surface area contributed by atoms with Crippen LogP contribution >= 0.6 is 11.6 Å². The number of methoxy groups -OCH3 is 1. The fourth-order valence-corrected chi connectivity index (χ4v) is 5.98. The lowest BCUT2D eigenvalue weighted by Crippen LogP contribution is -2.51. The average Bonchev–Trinajstić information content (AvgIpc) is 3.74. The van der Waals surface area contributed by atoms with Crippen LogP contribution in [0.5, 0.6) is 0 Å². The Morgan fingerprint density at radius 3 is 2.52 bits per heavy atom. The number of rotatable bonds is 14. The van der Waals surface area contributed by atoms with Crippen LogP contribution in [-0.2, 0) is 26.3 Å². The molecular weight excluding hydrogens is 554 g/mol. The van der Waals surface area contributed by atoms with Gasteiger partial charge in [-0.25, -0.2) is 4.79 Å². The van der Waals surface area contributed by atoms with Gasteiger partial charge in [-0.2, -0.15) is 0 Å². The summed E-state index contributed by atoms with van der Waals surface area (Å²) in [5.41, 5.74) is 0.722. The second-order valence-corrected chi connectivity index (χ2v) is 12.3. The summed E-state index contributed by atoms with van der Waals surface area (Å²) in [7, 11) is 1.26. The van der Waals surface area contributed by atoms with Crippen LogP contribution in [0.2, 0.25) is 5.02 Å². The Kier molecular flexibility index (Phi) is 10.5. The van der Waals surface area contributed by atoms with Crippen LogP contribution in [0.25, 0.3) is 0 Å². The number of carbonyl (C=O) groups excluding carboxylic acids is 3. The van der Waals surface area contributed by atoms with E-state index in [1.165, 1.54) is 12.0 Å². The van der Waals surface area contributed by atoms with Crippen LogP contribution in [-0.4, -0.2) is 54.5 Å². The third kappa shape index (κ3) is 8.03. The largest absolute Gasteiger partial charge is 0.453 e. The van der Waals surface area contributed by atoms with E-state index in [0.717, 1.165) is 30.4 Å². The zero-order valence-electron chi connectivity index (χ0n) is 24.6. The highest BCUT2D eigenvalue weighted by Crippen LogP contribution is 2.36. The van der Waals surface area contributed by atoms with E-state index in [9.17, 15) is 14.4 Å². The maximum Gasteiger partial charge on any atom is 0.407 e. The van der Waals surface area contributed by atoms with Crippen molar-refractivity contribution in [3.63, 3.8) is 0 Å². The highest BCUT2D eigenvalue weighted by Gasteiger charge is 2.50. The molecule has 3 amide bonds. The molecule has 4 N–H and O–H groups in total. The van der Waals surface area contributed by atoms with Gasteiger partial charge in [-0.05, 0) is 60.8 Å². The zero-order valence-corrected chi connectivity index (χ0v) is 25.4. The van der Waals surface area contributed by atoms with Crippen molar-refractivity contribution in [1.29, 1.82) is 5.41 Å². The number of carbonyl (C=O) groups is 3. The fourth-order valence-electron chi connectivity index (χ4n) is 5.77. The molecule has 0 bridgehead atoms. The van der Waals surface area contributed by atoms with Crippen LogP contribution in [0.1, 0.15) is 63.5 Å². The van der Waals surface area contributed by atoms with Crippen LogP contribution in [0, 0.1) is 17.2 Å². The van der Waals surface area contributed by atoms with Gasteiger partial charge in [0.1, 0.15) is 11.6 Å². The predicted octanol–water partition coefficient (Wildman–Crippen LogP) is 4.98. The molecule has 42 heavy (non-hydrogen) atoms. The smallest absolute Gasteiger partial charge is 0.407 e. The maximum atomic E-state index is 13.8. The van der Waals surface area contributed by atoms with Gasteiger partial charge in [0.2, 0.25) is 5.91 Å². The first-order valence-corrected chi connectivity index (χ1v) is 15.1. The van der Waals surface area contributed by atoms with Crippen molar-refractivity contribution in [2.24, 2.45) is 11.8 Å². The normalized spacial score (nSPS) is 19.8. The number of nitrogens with zero attached hydrogens (tertiary/aromatic N) is 1. The first kappa shape index (κ1) is 31.3. The lowest BCUT2D eigenvalue weighted by atomic mass is 9.82. The number of amides is 3. The molecule has 2 fully saturated rings. The lowest BCUT2D eigenvalue weighted by molar-refractivity contribution is -0.132. The van der Waals surface area contributed by atoms with Gasteiger partial charge in [-0.15, -0.1) is 0 Å². The molecule has 9 nitrogen and oxygen atoms in total. The molecule has 3 atom stereocenters. The van der Waals surface area contributed by atoms with E-state index >= 15 is 0 Å². The Morgan fingerprint density at radius 1 is 1.14 bits per heavy atom. The lowest BCUT2D eigenvalue weighted by Gasteiger charge is -2.29. The number of alkyl carbamates (subject to hydrolysis) is 1. The van der Waals surface area contributed by atoms with Gasteiger partial charge in [-0.1, -0.05) is 80.8 Å². The molecule has 1 saturated carbocycles. The molecule has 0 spiro atoms. The molecule has 1 heterocycles. The highest BCUT2D eigenvalue weighted by molar-refractivity contribution is 6.30. The summed E-state index contributed by atoms with van der Waals surface area (Å²) < 4.78 is 4.77. The summed E-state index contributed by atoms with van der Waals surface area (Å²) in [4.78, 5) is 40.9. The molecule has 2 aromatic rings. The molecule has 1 aliphatic carbocycles. The van der Waals surface area contributed by atoms with Crippen LogP contribution in [0.3, 0.4) is 0 Å². The number of guanidine groups is 1. The van der Waals surface area contributed by atoms with E-state index in [1.807, 2.05) is 36.4 Å². The summed E-state index contributed by atoms with van der Waals surface area (Å²) in [5, 5.41) is 18.2. The number of benzene rings is 2. The molecular formula is C32H42ClN5O4.